The Morgan fingerprint density at radius 1 is 0.459 bits per heavy atom. The van der Waals surface area contributed by atoms with Crippen molar-refractivity contribution >= 4 is 65.0 Å². The number of hydrogen-bond acceptors (Lipinski definition) is 12. The fourth-order valence-corrected chi connectivity index (χ4v) is 7.29. The Balaban J connectivity index is 5.27. The average molecular weight is 1050 g/mol. The molecule has 23 nitrogen and oxygen atoms in total. The van der Waals surface area contributed by atoms with Crippen LogP contribution in [-0.2, 0) is 52.7 Å². The number of carbonyl (C=O) groups excluding carboxylic acids is 11. The predicted octanol–water partition coefficient (Wildman–Crippen LogP) is 0.222. The Hall–Kier alpha value is -5.87. The Bertz CT molecular complexity index is 1910. The van der Waals surface area contributed by atoms with Crippen LogP contribution in [0.2, 0.25) is 0 Å². The molecule has 0 aromatic heterocycles. The summed E-state index contributed by atoms with van der Waals surface area (Å²) in [6.45, 7) is 22.7. The van der Waals surface area contributed by atoms with Gasteiger partial charge in [-0.05, 0) is 77.6 Å². The maximum atomic E-state index is 13.4. The maximum absolute atomic E-state index is 13.4. The fourth-order valence-electron chi connectivity index (χ4n) is 7.29. The molecule has 12 N–H and O–H groups in total. The van der Waals surface area contributed by atoms with Crippen LogP contribution in [0.5, 0.6) is 0 Å². The largest absolute Gasteiger partial charge is 0.394 e. The van der Waals surface area contributed by atoms with E-state index in [4.69, 9.17) is 0 Å². The maximum Gasteiger partial charge on any atom is 0.245 e. The van der Waals surface area contributed by atoms with Crippen LogP contribution in [0.25, 0.3) is 0 Å². The molecule has 6 atom stereocenters. The molecule has 0 rings (SSSR count). The number of aliphatic hydroxyl groups excluding tert-OH is 1. The summed E-state index contributed by atoms with van der Waals surface area (Å²) in [4.78, 5) is 144. The highest BCUT2D eigenvalue weighted by Gasteiger charge is 2.37. The van der Waals surface area contributed by atoms with Gasteiger partial charge in [-0.3, -0.25) is 52.7 Å². The van der Waals surface area contributed by atoms with Gasteiger partial charge in [0.25, 0.3) is 0 Å². The van der Waals surface area contributed by atoms with Gasteiger partial charge in [-0.25, -0.2) is 0 Å². The van der Waals surface area contributed by atoms with Crippen molar-refractivity contribution in [1.29, 1.82) is 0 Å². The van der Waals surface area contributed by atoms with Crippen molar-refractivity contribution in [1.82, 2.24) is 58.5 Å². The number of nitrogens with one attached hydrogen (secondary N) is 11. The topological polar surface area (TPSA) is 340 Å². The zero-order valence-electron chi connectivity index (χ0n) is 47.0. The number of carbonyl (C=O) groups is 11. The quantitative estimate of drug-likeness (QED) is 0.0380. The van der Waals surface area contributed by atoms with Crippen molar-refractivity contribution in [2.24, 2.45) is 23.7 Å². The first-order valence-electron chi connectivity index (χ1n) is 26.2. The van der Waals surface area contributed by atoms with Gasteiger partial charge in [-0.1, -0.05) is 101 Å². The molecule has 0 bridgehead atoms. The van der Waals surface area contributed by atoms with Gasteiger partial charge in [0.1, 0.15) is 34.7 Å². The Kier molecular flexibility index (Phi) is 30.5. The van der Waals surface area contributed by atoms with Crippen molar-refractivity contribution in [3.8, 4) is 0 Å². The van der Waals surface area contributed by atoms with E-state index in [-0.39, 0.29) is 37.2 Å². The molecule has 0 saturated carbocycles. The third-order valence-corrected chi connectivity index (χ3v) is 12.5. The fraction of sp³-hybridized carbons (Fsp3) is 0.784. The van der Waals surface area contributed by atoms with Crippen LogP contribution in [0.1, 0.15) is 162 Å². The van der Waals surface area contributed by atoms with Crippen LogP contribution < -0.4 is 58.5 Å². The molecule has 0 spiro atoms. The van der Waals surface area contributed by atoms with E-state index < -0.39 is 138 Å². The number of aliphatic hydroxyl groups is 1. The third kappa shape index (κ3) is 25.4. The molecule has 11 amide bonds. The second-order valence-electron chi connectivity index (χ2n) is 21.5. The molecule has 74 heavy (non-hydrogen) atoms. The first kappa shape index (κ1) is 68.1. The lowest BCUT2D eigenvalue weighted by atomic mass is 9.97. The Morgan fingerprint density at radius 2 is 0.878 bits per heavy atom. The molecule has 0 aliphatic carbocycles. The zero-order valence-corrected chi connectivity index (χ0v) is 47.0. The van der Waals surface area contributed by atoms with Gasteiger partial charge >= 0.3 is 0 Å². The second-order valence-corrected chi connectivity index (χ2v) is 21.5. The molecule has 23 heteroatoms. The van der Waals surface area contributed by atoms with E-state index in [1.165, 1.54) is 27.7 Å². The van der Waals surface area contributed by atoms with Gasteiger partial charge in [0.2, 0.25) is 65.0 Å². The van der Waals surface area contributed by atoms with Crippen LogP contribution in [-0.4, -0.2) is 144 Å². The molecular weight excluding hydrogens is 959 g/mol. The molecule has 0 heterocycles. The third-order valence-electron chi connectivity index (χ3n) is 12.5. The van der Waals surface area contributed by atoms with Crippen LogP contribution >= 0.6 is 0 Å². The number of amides is 11. The SMILES string of the molecule is CCCCCCCC(=O)NC(C)(CC)C(=O)NCC(=O)NC(C(=O)NC(C)(C)C(=O)NCC(=O)NCC(=O)NC(C(=O)NC(C)(C)C(=O)NCC(=O)NC(C(=O)NC(CO)CC(C)C)C(C)CC)C(C)C)C(C)C. The van der Waals surface area contributed by atoms with E-state index in [1.807, 2.05) is 20.8 Å². The number of hydrogen-bond donors (Lipinski definition) is 12. The van der Waals surface area contributed by atoms with Crippen molar-refractivity contribution in [2.45, 2.75) is 202 Å². The Morgan fingerprint density at radius 3 is 1.28 bits per heavy atom. The van der Waals surface area contributed by atoms with Gasteiger partial charge in [-0.2, -0.15) is 0 Å². The minimum Gasteiger partial charge on any atom is -0.394 e. The van der Waals surface area contributed by atoms with Crippen molar-refractivity contribution in [3.05, 3.63) is 0 Å². The summed E-state index contributed by atoms with van der Waals surface area (Å²) in [6, 6.07) is -3.73. The minimum absolute atomic E-state index is 0.205. The molecule has 0 saturated heterocycles. The Labute approximate surface area is 439 Å². The summed E-state index contributed by atoms with van der Waals surface area (Å²) in [5.74, 6) is -8.17. The van der Waals surface area contributed by atoms with E-state index in [9.17, 15) is 57.8 Å². The highest BCUT2D eigenvalue weighted by molar-refractivity contribution is 5.99. The van der Waals surface area contributed by atoms with Crippen LogP contribution in [0.4, 0.5) is 0 Å². The second kappa shape index (κ2) is 33.1. The van der Waals surface area contributed by atoms with Gasteiger partial charge in [-0.15, -0.1) is 0 Å². The van der Waals surface area contributed by atoms with Gasteiger partial charge in [0.15, 0.2) is 0 Å². The summed E-state index contributed by atoms with van der Waals surface area (Å²) in [5, 5.41) is 37.9. The predicted molar refractivity (Wildman–Crippen MR) is 280 cm³/mol. The summed E-state index contributed by atoms with van der Waals surface area (Å²) >= 11 is 0. The first-order valence-corrected chi connectivity index (χ1v) is 26.2. The molecule has 6 unspecified atom stereocenters. The minimum atomic E-state index is -1.60. The number of unbranched alkanes of at least 4 members (excludes halogenated alkanes) is 4. The molecule has 424 valence electrons. The summed E-state index contributed by atoms with van der Waals surface area (Å²) in [5.41, 5.74) is -4.44. The van der Waals surface area contributed by atoms with Crippen molar-refractivity contribution in [2.75, 3.05) is 32.8 Å². The first-order chi connectivity index (χ1) is 34.3. The molecule has 0 aromatic carbocycles. The van der Waals surface area contributed by atoms with Crippen molar-refractivity contribution < 1.29 is 57.8 Å². The highest BCUT2D eigenvalue weighted by Crippen LogP contribution is 2.14. The lowest BCUT2D eigenvalue weighted by Gasteiger charge is -2.30. The monoisotopic (exact) mass is 1050 g/mol. The van der Waals surface area contributed by atoms with E-state index in [0.717, 1.165) is 25.7 Å². The summed E-state index contributed by atoms with van der Waals surface area (Å²) in [7, 11) is 0. The molecule has 0 aliphatic rings. The molecule has 0 aliphatic heterocycles. The molecule has 0 fully saturated rings. The van der Waals surface area contributed by atoms with E-state index in [1.54, 1.807) is 48.5 Å². The molecule has 0 radical (unpaired) electrons. The van der Waals surface area contributed by atoms with Gasteiger partial charge in [0, 0.05) is 6.42 Å². The van der Waals surface area contributed by atoms with Gasteiger partial charge < -0.3 is 63.6 Å². The molecular formula is C51H93N11O12. The summed E-state index contributed by atoms with van der Waals surface area (Å²) < 4.78 is 0. The smallest absolute Gasteiger partial charge is 0.245 e. The van der Waals surface area contributed by atoms with E-state index in [2.05, 4.69) is 65.4 Å². The van der Waals surface area contributed by atoms with Crippen LogP contribution in [0.15, 0.2) is 0 Å². The molecule has 0 aromatic rings. The van der Waals surface area contributed by atoms with Gasteiger partial charge in [0.05, 0.1) is 38.8 Å². The van der Waals surface area contributed by atoms with Crippen molar-refractivity contribution in [3.63, 3.8) is 0 Å². The zero-order chi connectivity index (χ0) is 57.1. The normalized spacial score (nSPS) is 14.4. The van der Waals surface area contributed by atoms with Crippen LogP contribution in [0, 0.1) is 23.7 Å². The summed E-state index contributed by atoms with van der Waals surface area (Å²) in [6.07, 6.45) is 6.44. The lowest BCUT2D eigenvalue weighted by Crippen LogP contribution is -2.62. The van der Waals surface area contributed by atoms with E-state index >= 15 is 0 Å². The standard InChI is InChI=1S/C51H93N11O12/c1-16-19-20-21-22-23-35(64)60-51(15,18-3)48(74)55-28-38(67)58-41(32(8)9)45(71)61-49(11,12)46(72)53-25-36(65)52-26-37(66)57-40(31(6)7)44(70)62-50(13,14)47(73)54-27-39(68)59-42(33(10)17-2)43(69)56-34(29-63)24-30(4)5/h30-34,40-42,63H,16-29H2,1-15H3,(H,52,65)(H,53,72)(H,54,73)(H,55,74)(H,56,69)(H,57,66)(H,58,67)(H,59,68)(H,60,64)(H,61,71)(H,62,70). The number of rotatable bonds is 35. The highest BCUT2D eigenvalue weighted by atomic mass is 16.3. The van der Waals surface area contributed by atoms with Crippen LogP contribution in [0.3, 0.4) is 0 Å². The van der Waals surface area contributed by atoms with E-state index in [0.29, 0.717) is 19.3 Å². The average Bonchev–Trinajstić information content (AvgIpc) is 3.31. The lowest BCUT2D eigenvalue weighted by molar-refractivity contribution is -0.136.